The average molecular weight is 345 g/mol. The Kier molecular flexibility index (Phi) is 7.76. The van der Waals surface area contributed by atoms with Gasteiger partial charge in [-0.1, -0.05) is 18.2 Å². The van der Waals surface area contributed by atoms with Gasteiger partial charge >= 0.3 is 0 Å². The molecule has 1 fully saturated rings. The number of nitrogens with one attached hydrogen (secondary N) is 1. The van der Waals surface area contributed by atoms with Crippen molar-refractivity contribution in [1.82, 2.24) is 10.2 Å². The molecule has 2 amide bonds. The van der Waals surface area contributed by atoms with E-state index >= 15 is 0 Å². The minimum absolute atomic E-state index is 0.149. The quantitative estimate of drug-likeness (QED) is 0.737. The first kappa shape index (κ1) is 19.3. The van der Waals surface area contributed by atoms with Crippen LogP contribution in [0.25, 0.3) is 0 Å². The Bertz CT molecular complexity index is 539. The summed E-state index contributed by atoms with van der Waals surface area (Å²) in [5.41, 5.74) is 1.20. The summed E-state index contributed by atoms with van der Waals surface area (Å²) in [6.07, 6.45) is 4.51. The number of carbonyl (C=O) groups excluding carboxylic acids is 2. The molecular weight excluding hydrogens is 314 g/mol. The van der Waals surface area contributed by atoms with Crippen molar-refractivity contribution >= 4 is 17.5 Å². The Labute approximate surface area is 151 Å². The second kappa shape index (κ2) is 10.1. The summed E-state index contributed by atoms with van der Waals surface area (Å²) in [5.74, 6) is 0.888. The van der Waals surface area contributed by atoms with E-state index in [-0.39, 0.29) is 11.8 Å². The first-order chi connectivity index (χ1) is 12.1. The lowest BCUT2D eigenvalue weighted by Crippen LogP contribution is -2.37. The van der Waals surface area contributed by atoms with Gasteiger partial charge < -0.3 is 15.1 Å². The van der Waals surface area contributed by atoms with Crippen LogP contribution in [0, 0.1) is 5.92 Å². The van der Waals surface area contributed by atoms with Crippen LogP contribution in [0.1, 0.15) is 39.0 Å². The van der Waals surface area contributed by atoms with Gasteiger partial charge in [0, 0.05) is 52.3 Å². The Morgan fingerprint density at radius 2 is 1.88 bits per heavy atom. The van der Waals surface area contributed by atoms with Crippen LogP contribution in [-0.2, 0) is 9.59 Å². The third-order valence-corrected chi connectivity index (χ3v) is 5.03. The molecule has 1 aromatic carbocycles. The predicted octanol–water partition coefficient (Wildman–Crippen LogP) is 2.67. The van der Waals surface area contributed by atoms with E-state index in [4.69, 9.17) is 0 Å². The number of anilines is 1. The molecule has 0 atom stereocenters. The van der Waals surface area contributed by atoms with E-state index in [0.29, 0.717) is 12.3 Å². The standard InChI is InChI=1S/C20H31N3O2/c1-17(24)23-15-11-18(12-16-23)9-10-20(25)21-13-6-14-22(2)19-7-4-3-5-8-19/h3-5,7-8,18H,6,9-16H2,1-2H3,(H,21,25). The predicted molar refractivity (Wildman–Crippen MR) is 102 cm³/mol. The second-order valence-corrected chi connectivity index (χ2v) is 6.95. The Balaban J connectivity index is 1.54. The molecule has 1 aliphatic rings. The molecule has 1 saturated heterocycles. The summed E-state index contributed by atoms with van der Waals surface area (Å²) in [6.45, 7) is 4.95. The van der Waals surface area contributed by atoms with Crippen LogP contribution in [0.4, 0.5) is 5.69 Å². The number of nitrogens with zero attached hydrogens (tertiary/aromatic N) is 2. The number of amides is 2. The van der Waals surface area contributed by atoms with Gasteiger partial charge in [-0.25, -0.2) is 0 Å². The Morgan fingerprint density at radius 3 is 2.52 bits per heavy atom. The van der Waals surface area contributed by atoms with Crippen molar-refractivity contribution in [2.24, 2.45) is 5.92 Å². The van der Waals surface area contributed by atoms with Crippen LogP contribution in [0.15, 0.2) is 30.3 Å². The third-order valence-electron chi connectivity index (χ3n) is 5.03. The minimum Gasteiger partial charge on any atom is -0.375 e. The van der Waals surface area contributed by atoms with Crippen molar-refractivity contribution in [2.45, 2.75) is 39.0 Å². The molecule has 0 aliphatic carbocycles. The van der Waals surface area contributed by atoms with Crippen molar-refractivity contribution < 1.29 is 9.59 Å². The summed E-state index contributed by atoms with van der Waals surface area (Å²) < 4.78 is 0. The van der Waals surface area contributed by atoms with Crippen molar-refractivity contribution in [1.29, 1.82) is 0 Å². The van der Waals surface area contributed by atoms with Crippen molar-refractivity contribution in [3.63, 3.8) is 0 Å². The van der Waals surface area contributed by atoms with Crippen LogP contribution in [0.3, 0.4) is 0 Å². The van der Waals surface area contributed by atoms with Gasteiger partial charge in [0.25, 0.3) is 0 Å². The summed E-state index contributed by atoms with van der Waals surface area (Å²) in [6, 6.07) is 10.3. The average Bonchev–Trinajstić information content (AvgIpc) is 2.64. The Morgan fingerprint density at radius 1 is 1.20 bits per heavy atom. The van der Waals surface area contributed by atoms with Gasteiger partial charge in [-0.2, -0.15) is 0 Å². The smallest absolute Gasteiger partial charge is 0.220 e. The van der Waals surface area contributed by atoms with Crippen LogP contribution >= 0.6 is 0 Å². The van der Waals surface area contributed by atoms with Gasteiger partial charge in [0.05, 0.1) is 0 Å². The third kappa shape index (κ3) is 6.77. The molecule has 138 valence electrons. The van der Waals surface area contributed by atoms with Crippen LogP contribution in [-0.4, -0.2) is 49.9 Å². The molecule has 5 heteroatoms. The monoisotopic (exact) mass is 345 g/mol. The first-order valence-electron chi connectivity index (χ1n) is 9.34. The van der Waals surface area contributed by atoms with Crippen molar-refractivity contribution in [3.05, 3.63) is 30.3 Å². The summed E-state index contributed by atoms with van der Waals surface area (Å²) in [4.78, 5) is 27.4. The van der Waals surface area contributed by atoms with Gasteiger partial charge in [-0.15, -0.1) is 0 Å². The molecule has 0 saturated carbocycles. The van der Waals surface area contributed by atoms with Gasteiger partial charge in [-0.05, 0) is 43.7 Å². The zero-order valence-corrected chi connectivity index (χ0v) is 15.5. The molecule has 0 spiro atoms. The fraction of sp³-hybridized carbons (Fsp3) is 0.600. The molecule has 0 unspecified atom stereocenters. The molecule has 0 radical (unpaired) electrons. The van der Waals surface area contributed by atoms with Gasteiger partial charge in [0.2, 0.25) is 11.8 Å². The molecular formula is C20H31N3O2. The van der Waals surface area contributed by atoms with E-state index in [1.54, 1.807) is 6.92 Å². The minimum atomic E-state index is 0.149. The maximum Gasteiger partial charge on any atom is 0.220 e. The molecule has 1 aromatic rings. The van der Waals surface area contributed by atoms with Crippen LogP contribution in [0.2, 0.25) is 0 Å². The first-order valence-corrected chi connectivity index (χ1v) is 9.34. The second-order valence-electron chi connectivity index (χ2n) is 6.95. The molecule has 0 bridgehead atoms. The number of para-hydroxylation sites is 1. The maximum absolute atomic E-state index is 12.0. The molecule has 1 heterocycles. The fourth-order valence-electron chi connectivity index (χ4n) is 3.32. The summed E-state index contributed by atoms with van der Waals surface area (Å²) >= 11 is 0. The summed E-state index contributed by atoms with van der Waals surface area (Å²) in [5, 5.41) is 3.03. The number of benzene rings is 1. The number of likely N-dealkylation sites (tertiary alicyclic amines) is 1. The highest BCUT2D eigenvalue weighted by Crippen LogP contribution is 2.21. The summed E-state index contributed by atoms with van der Waals surface area (Å²) in [7, 11) is 2.07. The van der Waals surface area contributed by atoms with Gasteiger partial charge in [0.1, 0.15) is 0 Å². The molecule has 0 aromatic heterocycles. The number of hydrogen-bond acceptors (Lipinski definition) is 3. The highest BCUT2D eigenvalue weighted by molar-refractivity contribution is 5.75. The number of hydrogen-bond donors (Lipinski definition) is 1. The van der Waals surface area contributed by atoms with Crippen LogP contribution < -0.4 is 10.2 Å². The highest BCUT2D eigenvalue weighted by atomic mass is 16.2. The fourth-order valence-corrected chi connectivity index (χ4v) is 3.32. The largest absolute Gasteiger partial charge is 0.375 e. The topological polar surface area (TPSA) is 52.7 Å². The van der Waals surface area contributed by atoms with E-state index in [0.717, 1.165) is 51.9 Å². The SMILES string of the molecule is CC(=O)N1CCC(CCC(=O)NCCCN(C)c2ccccc2)CC1. The lowest BCUT2D eigenvalue weighted by molar-refractivity contribution is -0.130. The maximum atomic E-state index is 12.0. The highest BCUT2D eigenvalue weighted by Gasteiger charge is 2.21. The number of piperidine rings is 1. The zero-order valence-electron chi connectivity index (χ0n) is 15.5. The molecule has 2 rings (SSSR count). The Hall–Kier alpha value is -2.04. The zero-order chi connectivity index (χ0) is 18.1. The van der Waals surface area contributed by atoms with E-state index in [1.165, 1.54) is 5.69 Å². The van der Waals surface area contributed by atoms with E-state index in [2.05, 4.69) is 29.4 Å². The molecule has 1 N–H and O–H groups in total. The molecule has 5 nitrogen and oxygen atoms in total. The van der Waals surface area contributed by atoms with E-state index < -0.39 is 0 Å². The van der Waals surface area contributed by atoms with E-state index in [9.17, 15) is 9.59 Å². The lowest BCUT2D eigenvalue weighted by atomic mass is 9.92. The number of carbonyl (C=O) groups is 2. The van der Waals surface area contributed by atoms with Gasteiger partial charge in [-0.3, -0.25) is 9.59 Å². The molecule has 25 heavy (non-hydrogen) atoms. The normalized spacial score (nSPS) is 15.0. The number of rotatable bonds is 8. The van der Waals surface area contributed by atoms with E-state index in [1.807, 2.05) is 23.1 Å². The molecule has 1 aliphatic heterocycles. The van der Waals surface area contributed by atoms with Gasteiger partial charge in [0.15, 0.2) is 0 Å². The van der Waals surface area contributed by atoms with Crippen LogP contribution in [0.5, 0.6) is 0 Å². The lowest BCUT2D eigenvalue weighted by Gasteiger charge is -2.31. The van der Waals surface area contributed by atoms with Crippen molar-refractivity contribution in [2.75, 3.05) is 38.1 Å². The van der Waals surface area contributed by atoms with Crippen molar-refractivity contribution in [3.8, 4) is 0 Å².